The third-order valence-corrected chi connectivity index (χ3v) is 2.35. The van der Waals surface area contributed by atoms with Crippen LogP contribution in [0.3, 0.4) is 0 Å². The van der Waals surface area contributed by atoms with Crippen LogP contribution in [0.25, 0.3) is 0 Å². The average Bonchev–Trinajstić information content (AvgIpc) is 2.25. The standard InChI is InChI=1S/C13H21NO/c1-3-14-10-6-7-11-15-13-9-5-4-8-12(13)2/h4-5,8-9,14H,3,6-7,10-11H2,1-2H3. The molecule has 0 atom stereocenters. The van der Waals surface area contributed by atoms with Crippen molar-refractivity contribution in [1.82, 2.24) is 5.32 Å². The topological polar surface area (TPSA) is 21.3 Å². The summed E-state index contributed by atoms with van der Waals surface area (Å²) in [6.07, 6.45) is 2.29. The largest absolute Gasteiger partial charge is 0.493 e. The molecule has 0 aliphatic heterocycles. The van der Waals surface area contributed by atoms with Gasteiger partial charge in [-0.05, 0) is 44.5 Å². The van der Waals surface area contributed by atoms with Crippen LogP contribution in [-0.2, 0) is 0 Å². The van der Waals surface area contributed by atoms with Gasteiger partial charge in [0, 0.05) is 0 Å². The van der Waals surface area contributed by atoms with Crippen LogP contribution in [0, 0.1) is 6.92 Å². The molecule has 2 heteroatoms. The first-order valence-electron chi connectivity index (χ1n) is 5.73. The van der Waals surface area contributed by atoms with Gasteiger partial charge < -0.3 is 10.1 Å². The molecule has 0 heterocycles. The number of aryl methyl sites for hydroxylation is 1. The van der Waals surface area contributed by atoms with Gasteiger partial charge in [0.15, 0.2) is 0 Å². The molecule has 1 aromatic rings. The van der Waals surface area contributed by atoms with Crippen LogP contribution in [0.5, 0.6) is 5.75 Å². The van der Waals surface area contributed by atoms with Gasteiger partial charge in [-0.15, -0.1) is 0 Å². The van der Waals surface area contributed by atoms with Crippen molar-refractivity contribution >= 4 is 0 Å². The molecule has 0 bridgehead atoms. The Balaban J connectivity index is 2.12. The summed E-state index contributed by atoms with van der Waals surface area (Å²) < 4.78 is 5.69. The third-order valence-electron chi connectivity index (χ3n) is 2.35. The van der Waals surface area contributed by atoms with Gasteiger partial charge in [0.05, 0.1) is 6.61 Å². The molecule has 0 saturated heterocycles. The van der Waals surface area contributed by atoms with Crippen LogP contribution in [-0.4, -0.2) is 19.7 Å². The summed E-state index contributed by atoms with van der Waals surface area (Å²) in [6, 6.07) is 8.15. The molecule has 0 aliphatic rings. The molecule has 1 N–H and O–H groups in total. The predicted octanol–water partition coefficient (Wildman–Crippen LogP) is 2.76. The first kappa shape index (κ1) is 12.1. The average molecular weight is 207 g/mol. The highest BCUT2D eigenvalue weighted by Crippen LogP contribution is 2.16. The highest BCUT2D eigenvalue weighted by atomic mass is 16.5. The van der Waals surface area contributed by atoms with E-state index in [1.54, 1.807) is 0 Å². The van der Waals surface area contributed by atoms with Gasteiger partial charge in [-0.2, -0.15) is 0 Å². The van der Waals surface area contributed by atoms with E-state index in [0.717, 1.165) is 31.9 Å². The number of benzene rings is 1. The van der Waals surface area contributed by atoms with E-state index in [9.17, 15) is 0 Å². The van der Waals surface area contributed by atoms with Crippen LogP contribution >= 0.6 is 0 Å². The molecule has 0 fully saturated rings. The molecular formula is C13H21NO. The first-order valence-corrected chi connectivity index (χ1v) is 5.73. The van der Waals surface area contributed by atoms with E-state index in [1.807, 2.05) is 18.2 Å². The van der Waals surface area contributed by atoms with Gasteiger partial charge in [-0.25, -0.2) is 0 Å². The number of ether oxygens (including phenoxy) is 1. The fraction of sp³-hybridized carbons (Fsp3) is 0.538. The van der Waals surface area contributed by atoms with Gasteiger partial charge in [-0.3, -0.25) is 0 Å². The summed E-state index contributed by atoms with van der Waals surface area (Å²) in [6.45, 7) is 7.17. The summed E-state index contributed by atoms with van der Waals surface area (Å²) in [5.41, 5.74) is 1.21. The van der Waals surface area contributed by atoms with Crippen molar-refractivity contribution in [1.29, 1.82) is 0 Å². The molecule has 1 aromatic carbocycles. The molecule has 84 valence electrons. The Hall–Kier alpha value is -1.02. The lowest BCUT2D eigenvalue weighted by Gasteiger charge is -2.08. The smallest absolute Gasteiger partial charge is 0.122 e. The van der Waals surface area contributed by atoms with E-state index in [2.05, 4.69) is 25.2 Å². The highest BCUT2D eigenvalue weighted by Gasteiger charge is 1.96. The van der Waals surface area contributed by atoms with E-state index < -0.39 is 0 Å². The second-order valence-electron chi connectivity index (χ2n) is 3.67. The Morgan fingerprint density at radius 1 is 1.20 bits per heavy atom. The highest BCUT2D eigenvalue weighted by molar-refractivity contribution is 5.31. The third kappa shape index (κ3) is 4.84. The van der Waals surface area contributed by atoms with Crippen molar-refractivity contribution in [2.45, 2.75) is 26.7 Å². The van der Waals surface area contributed by atoms with E-state index in [-0.39, 0.29) is 0 Å². The Kier molecular flexibility index (Phi) is 5.86. The molecule has 0 unspecified atom stereocenters. The second-order valence-corrected chi connectivity index (χ2v) is 3.67. The molecule has 0 aromatic heterocycles. The van der Waals surface area contributed by atoms with Crippen molar-refractivity contribution in [2.24, 2.45) is 0 Å². The minimum Gasteiger partial charge on any atom is -0.493 e. The number of unbranched alkanes of at least 4 members (excludes halogenated alkanes) is 1. The minimum absolute atomic E-state index is 0.816. The Morgan fingerprint density at radius 3 is 2.73 bits per heavy atom. The molecule has 0 amide bonds. The maximum atomic E-state index is 5.69. The van der Waals surface area contributed by atoms with E-state index in [4.69, 9.17) is 4.74 Å². The number of nitrogens with one attached hydrogen (secondary N) is 1. The Morgan fingerprint density at radius 2 is 2.00 bits per heavy atom. The zero-order chi connectivity index (χ0) is 10.9. The molecular weight excluding hydrogens is 186 g/mol. The summed E-state index contributed by atoms with van der Waals surface area (Å²) in [5, 5.41) is 3.30. The van der Waals surface area contributed by atoms with Crippen molar-refractivity contribution in [3.8, 4) is 5.75 Å². The van der Waals surface area contributed by atoms with E-state index in [1.165, 1.54) is 12.0 Å². The Labute approximate surface area is 92.6 Å². The number of hydrogen-bond acceptors (Lipinski definition) is 2. The van der Waals surface area contributed by atoms with Gasteiger partial charge in [-0.1, -0.05) is 25.1 Å². The van der Waals surface area contributed by atoms with E-state index in [0.29, 0.717) is 0 Å². The van der Waals surface area contributed by atoms with Gasteiger partial charge in [0.1, 0.15) is 5.75 Å². The maximum Gasteiger partial charge on any atom is 0.122 e. The lowest BCUT2D eigenvalue weighted by Crippen LogP contribution is -2.14. The summed E-state index contributed by atoms with van der Waals surface area (Å²) >= 11 is 0. The van der Waals surface area contributed by atoms with Crippen molar-refractivity contribution in [3.05, 3.63) is 29.8 Å². The fourth-order valence-corrected chi connectivity index (χ4v) is 1.43. The zero-order valence-corrected chi connectivity index (χ0v) is 9.75. The van der Waals surface area contributed by atoms with Crippen molar-refractivity contribution < 1.29 is 4.74 Å². The summed E-state index contributed by atoms with van der Waals surface area (Å²) in [4.78, 5) is 0. The number of para-hydroxylation sites is 1. The SMILES string of the molecule is CCNCCCCOc1ccccc1C. The molecule has 0 aliphatic carbocycles. The molecule has 1 rings (SSSR count). The van der Waals surface area contributed by atoms with Crippen LogP contribution in [0.15, 0.2) is 24.3 Å². The van der Waals surface area contributed by atoms with Crippen LogP contribution < -0.4 is 10.1 Å². The van der Waals surface area contributed by atoms with Crippen LogP contribution in [0.4, 0.5) is 0 Å². The van der Waals surface area contributed by atoms with Gasteiger partial charge in [0.2, 0.25) is 0 Å². The molecule has 2 nitrogen and oxygen atoms in total. The number of rotatable bonds is 7. The first-order chi connectivity index (χ1) is 7.34. The zero-order valence-electron chi connectivity index (χ0n) is 9.75. The number of hydrogen-bond donors (Lipinski definition) is 1. The molecule has 0 radical (unpaired) electrons. The summed E-state index contributed by atoms with van der Waals surface area (Å²) in [5.74, 6) is 1.01. The molecule has 0 spiro atoms. The van der Waals surface area contributed by atoms with E-state index >= 15 is 0 Å². The van der Waals surface area contributed by atoms with Gasteiger partial charge in [0.25, 0.3) is 0 Å². The quantitative estimate of drug-likeness (QED) is 0.694. The minimum atomic E-state index is 0.816. The van der Waals surface area contributed by atoms with Crippen LogP contribution in [0.1, 0.15) is 25.3 Å². The normalized spacial score (nSPS) is 10.3. The maximum absolute atomic E-state index is 5.69. The van der Waals surface area contributed by atoms with Crippen molar-refractivity contribution in [2.75, 3.05) is 19.7 Å². The lowest BCUT2D eigenvalue weighted by molar-refractivity contribution is 0.304. The van der Waals surface area contributed by atoms with Crippen molar-refractivity contribution in [3.63, 3.8) is 0 Å². The Bertz CT molecular complexity index is 273. The van der Waals surface area contributed by atoms with Gasteiger partial charge >= 0.3 is 0 Å². The van der Waals surface area contributed by atoms with Crippen LogP contribution in [0.2, 0.25) is 0 Å². The monoisotopic (exact) mass is 207 g/mol. The molecule has 0 saturated carbocycles. The lowest BCUT2D eigenvalue weighted by atomic mass is 10.2. The molecule has 15 heavy (non-hydrogen) atoms. The fourth-order valence-electron chi connectivity index (χ4n) is 1.43. The summed E-state index contributed by atoms with van der Waals surface area (Å²) in [7, 11) is 0. The predicted molar refractivity (Wildman–Crippen MR) is 64.5 cm³/mol. The second kappa shape index (κ2) is 7.30.